The van der Waals surface area contributed by atoms with E-state index in [1.807, 2.05) is 0 Å². The van der Waals surface area contributed by atoms with Gasteiger partial charge in [-0.1, -0.05) is 32.6 Å². The van der Waals surface area contributed by atoms with Gasteiger partial charge in [0.15, 0.2) is 0 Å². The summed E-state index contributed by atoms with van der Waals surface area (Å²) in [6, 6.07) is 0. The fraction of sp³-hybridized carbons (Fsp3) is 0.923. The van der Waals surface area contributed by atoms with Gasteiger partial charge < -0.3 is 5.32 Å². The van der Waals surface area contributed by atoms with E-state index in [-0.39, 0.29) is 0 Å². The Morgan fingerprint density at radius 2 is 1.81 bits per heavy atom. The van der Waals surface area contributed by atoms with Gasteiger partial charge >= 0.3 is 0 Å². The second kappa shape index (κ2) is 8.71. The van der Waals surface area contributed by atoms with Crippen LogP contribution in [0.2, 0.25) is 0 Å². The standard InChI is InChI=1S/C13H26N2O/c1-2-3-4-5-6-7-13(16)12-15-10-8-14-9-11-15/h14H,2-12H2,1H3. The van der Waals surface area contributed by atoms with E-state index in [0.717, 1.165) is 39.0 Å². The lowest BCUT2D eigenvalue weighted by atomic mass is 10.1. The third-order valence-electron chi connectivity index (χ3n) is 3.17. The molecule has 3 heteroatoms. The molecule has 0 bridgehead atoms. The number of carbonyl (C=O) groups excluding carboxylic acids is 1. The molecule has 1 saturated heterocycles. The van der Waals surface area contributed by atoms with E-state index >= 15 is 0 Å². The zero-order valence-electron chi connectivity index (χ0n) is 10.6. The fourth-order valence-electron chi connectivity index (χ4n) is 2.12. The van der Waals surface area contributed by atoms with Crippen LogP contribution < -0.4 is 5.32 Å². The van der Waals surface area contributed by atoms with E-state index in [2.05, 4.69) is 17.1 Å². The molecule has 0 saturated carbocycles. The van der Waals surface area contributed by atoms with Crippen LogP contribution in [0.3, 0.4) is 0 Å². The van der Waals surface area contributed by atoms with Crippen LogP contribution in [0.5, 0.6) is 0 Å². The molecule has 0 atom stereocenters. The van der Waals surface area contributed by atoms with Gasteiger partial charge in [-0.25, -0.2) is 0 Å². The van der Waals surface area contributed by atoms with Crippen LogP contribution in [0.1, 0.15) is 45.4 Å². The molecule has 94 valence electrons. The minimum Gasteiger partial charge on any atom is -0.314 e. The van der Waals surface area contributed by atoms with Gasteiger partial charge in [0, 0.05) is 32.6 Å². The summed E-state index contributed by atoms with van der Waals surface area (Å²) in [7, 11) is 0. The van der Waals surface area contributed by atoms with Gasteiger partial charge in [0.05, 0.1) is 6.54 Å². The van der Waals surface area contributed by atoms with Gasteiger partial charge in [0.1, 0.15) is 5.78 Å². The number of ketones is 1. The smallest absolute Gasteiger partial charge is 0.146 e. The molecule has 0 unspecified atom stereocenters. The van der Waals surface area contributed by atoms with Gasteiger partial charge in [-0.15, -0.1) is 0 Å². The number of hydrogen-bond donors (Lipinski definition) is 1. The summed E-state index contributed by atoms with van der Waals surface area (Å²) in [6.07, 6.45) is 6.97. The van der Waals surface area contributed by atoms with Crippen molar-refractivity contribution in [2.75, 3.05) is 32.7 Å². The van der Waals surface area contributed by atoms with Crippen LogP contribution in [-0.2, 0) is 4.79 Å². The molecule has 0 spiro atoms. The summed E-state index contributed by atoms with van der Waals surface area (Å²) in [5.41, 5.74) is 0. The van der Waals surface area contributed by atoms with Crippen LogP contribution >= 0.6 is 0 Å². The Labute approximate surface area is 99.6 Å². The van der Waals surface area contributed by atoms with Crippen molar-refractivity contribution in [2.45, 2.75) is 45.4 Å². The third kappa shape index (κ3) is 6.23. The summed E-state index contributed by atoms with van der Waals surface area (Å²) in [4.78, 5) is 14.0. The Kier molecular flexibility index (Phi) is 7.43. The third-order valence-corrected chi connectivity index (χ3v) is 3.17. The first-order valence-electron chi connectivity index (χ1n) is 6.77. The predicted molar refractivity (Wildman–Crippen MR) is 67.7 cm³/mol. The molecule has 0 aliphatic carbocycles. The zero-order valence-corrected chi connectivity index (χ0v) is 10.6. The van der Waals surface area contributed by atoms with E-state index in [1.165, 1.54) is 25.7 Å². The lowest BCUT2D eigenvalue weighted by molar-refractivity contribution is -0.120. The molecule has 1 rings (SSSR count). The van der Waals surface area contributed by atoms with Crippen molar-refractivity contribution in [3.8, 4) is 0 Å². The summed E-state index contributed by atoms with van der Waals surface area (Å²) in [6.45, 7) is 7.02. The topological polar surface area (TPSA) is 32.3 Å². The minimum atomic E-state index is 0.429. The Bertz CT molecular complexity index is 188. The van der Waals surface area contributed by atoms with Crippen LogP contribution in [0.25, 0.3) is 0 Å². The maximum atomic E-state index is 11.7. The molecular formula is C13H26N2O. The highest BCUT2D eigenvalue weighted by atomic mass is 16.1. The average Bonchev–Trinajstić information content (AvgIpc) is 2.30. The second-order valence-corrected chi connectivity index (χ2v) is 4.73. The highest BCUT2D eigenvalue weighted by Crippen LogP contribution is 2.06. The maximum Gasteiger partial charge on any atom is 0.146 e. The summed E-state index contributed by atoms with van der Waals surface area (Å²) in [5.74, 6) is 0.429. The van der Waals surface area contributed by atoms with Crippen LogP contribution in [-0.4, -0.2) is 43.4 Å². The number of nitrogens with zero attached hydrogens (tertiary/aromatic N) is 1. The highest BCUT2D eigenvalue weighted by molar-refractivity contribution is 5.80. The molecule has 3 nitrogen and oxygen atoms in total. The molecule has 16 heavy (non-hydrogen) atoms. The SMILES string of the molecule is CCCCCCCC(=O)CN1CCNCC1. The lowest BCUT2D eigenvalue weighted by Crippen LogP contribution is -2.45. The van der Waals surface area contributed by atoms with Crippen LogP contribution in [0.15, 0.2) is 0 Å². The van der Waals surface area contributed by atoms with E-state index in [1.54, 1.807) is 0 Å². The quantitative estimate of drug-likeness (QED) is 0.641. The average molecular weight is 226 g/mol. The van der Waals surface area contributed by atoms with Crippen molar-refractivity contribution in [1.29, 1.82) is 0 Å². The molecule has 1 N–H and O–H groups in total. The molecule has 1 heterocycles. The van der Waals surface area contributed by atoms with E-state index in [4.69, 9.17) is 0 Å². The lowest BCUT2D eigenvalue weighted by Gasteiger charge is -2.26. The molecule has 1 aliphatic rings. The first-order valence-corrected chi connectivity index (χ1v) is 6.77. The molecule has 1 aliphatic heterocycles. The van der Waals surface area contributed by atoms with Crippen molar-refractivity contribution in [1.82, 2.24) is 10.2 Å². The van der Waals surface area contributed by atoms with Gasteiger partial charge in [-0.3, -0.25) is 9.69 Å². The molecular weight excluding hydrogens is 200 g/mol. The van der Waals surface area contributed by atoms with Crippen molar-refractivity contribution in [2.24, 2.45) is 0 Å². The Balaban J connectivity index is 1.97. The zero-order chi connectivity index (χ0) is 11.6. The number of piperazine rings is 1. The molecule has 0 amide bonds. The number of nitrogens with one attached hydrogen (secondary N) is 1. The van der Waals surface area contributed by atoms with Gasteiger partial charge in [0.2, 0.25) is 0 Å². The summed E-state index contributed by atoms with van der Waals surface area (Å²) >= 11 is 0. The highest BCUT2D eigenvalue weighted by Gasteiger charge is 2.12. The predicted octanol–water partition coefficient (Wildman–Crippen LogP) is 1.82. The molecule has 0 aromatic rings. The Morgan fingerprint density at radius 3 is 2.50 bits per heavy atom. The van der Waals surface area contributed by atoms with Gasteiger partial charge in [-0.2, -0.15) is 0 Å². The Hall–Kier alpha value is -0.410. The summed E-state index contributed by atoms with van der Waals surface area (Å²) < 4.78 is 0. The first kappa shape index (κ1) is 13.7. The minimum absolute atomic E-state index is 0.429. The van der Waals surface area contributed by atoms with E-state index < -0.39 is 0 Å². The number of rotatable bonds is 8. The Morgan fingerprint density at radius 1 is 1.12 bits per heavy atom. The molecule has 0 radical (unpaired) electrons. The molecule has 1 fully saturated rings. The van der Waals surface area contributed by atoms with Crippen LogP contribution in [0, 0.1) is 0 Å². The van der Waals surface area contributed by atoms with E-state index in [0.29, 0.717) is 12.3 Å². The number of Topliss-reactive ketones (excluding diaryl/α,β-unsaturated/α-hetero) is 1. The molecule has 0 aromatic carbocycles. The first-order chi connectivity index (χ1) is 7.83. The largest absolute Gasteiger partial charge is 0.314 e. The normalized spacial score (nSPS) is 17.6. The van der Waals surface area contributed by atoms with Gasteiger partial charge in [-0.05, 0) is 6.42 Å². The van der Waals surface area contributed by atoms with Crippen molar-refractivity contribution >= 4 is 5.78 Å². The second-order valence-electron chi connectivity index (χ2n) is 4.73. The van der Waals surface area contributed by atoms with Gasteiger partial charge in [0.25, 0.3) is 0 Å². The summed E-state index contributed by atoms with van der Waals surface area (Å²) in [5, 5.41) is 3.30. The molecule has 0 aromatic heterocycles. The monoisotopic (exact) mass is 226 g/mol. The number of carbonyl (C=O) groups is 1. The fourth-order valence-corrected chi connectivity index (χ4v) is 2.12. The van der Waals surface area contributed by atoms with Crippen molar-refractivity contribution in [3.05, 3.63) is 0 Å². The number of unbranched alkanes of at least 4 members (excludes halogenated alkanes) is 4. The van der Waals surface area contributed by atoms with E-state index in [9.17, 15) is 4.79 Å². The van der Waals surface area contributed by atoms with Crippen molar-refractivity contribution < 1.29 is 4.79 Å². The van der Waals surface area contributed by atoms with Crippen LogP contribution in [0.4, 0.5) is 0 Å². The maximum absolute atomic E-state index is 11.7. The van der Waals surface area contributed by atoms with Crippen molar-refractivity contribution in [3.63, 3.8) is 0 Å². The number of hydrogen-bond acceptors (Lipinski definition) is 3.